The number of likely N-dealkylation sites (tertiary alicyclic amines) is 1. The Morgan fingerprint density at radius 2 is 1.57 bits per heavy atom. The molecule has 164 valence electrons. The maximum atomic E-state index is 12.7. The van der Waals surface area contributed by atoms with E-state index in [0.29, 0.717) is 31.8 Å². The van der Waals surface area contributed by atoms with E-state index in [2.05, 4.69) is 9.80 Å². The molecule has 0 aliphatic carbocycles. The molecule has 1 amide bonds. The lowest BCUT2D eigenvalue weighted by molar-refractivity contribution is -0.134. The predicted molar refractivity (Wildman–Crippen MR) is 115 cm³/mol. The first-order valence-corrected chi connectivity index (χ1v) is 12.8. The number of nitrogens with zero attached hydrogens (tertiary/aromatic N) is 3. The van der Waals surface area contributed by atoms with Crippen molar-refractivity contribution < 1.29 is 18.0 Å². The van der Waals surface area contributed by atoms with Crippen LogP contribution >= 0.6 is 0 Å². The lowest BCUT2D eigenvalue weighted by Crippen LogP contribution is -2.54. The molecule has 3 saturated heterocycles. The Labute approximate surface area is 178 Å². The van der Waals surface area contributed by atoms with Crippen LogP contribution in [0.3, 0.4) is 0 Å². The zero-order valence-electron chi connectivity index (χ0n) is 17.4. The van der Waals surface area contributed by atoms with Gasteiger partial charge in [0.25, 0.3) is 0 Å². The van der Waals surface area contributed by atoms with Gasteiger partial charge in [-0.05, 0) is 32.4 Å². The van der Waals surface area contributed by atoms with Gasteiger partial charge in [-0.1, -0.05) is 30.3 Å². The number of ketones is 1. The van der Waals surface area contributed by atoms with Crippen molar-refractivity contribution in [3.05, 3.63) is 35.9 Å². The van der Waals surface area contributed by atoms with E-state index in [1.54, 1.807) is 0 Å². The maximum absolute atomic E-state index is 12.7. The second kappa shape index (κ2) is 9.16. The molecule has 30 heavy (non-hydrogen) atoms. The van der Waals surface area contributed by atoms with Crippen LogP contribution in [0.15, 0.2) is 30.3 Å². The summed E-state index contributed by atoms with van der Waals surface area (Å²) in [5.74, 6) is 0.954. The maximum Gasteiger partial charge on any atom is 0.236 e. The largest absolute Gasteiger partial charge is 0.339 e. The number of rotatable bonds is 5. The van der Waals surface area contributed by atoms with E-state index in [1.807, 2.05) is 35.2 Å². The summed E-state index contributed by atoms with van der Waals surface area (Å²) in [5, 5.41) is 0. The first kappa shape index (κ1) is 21.5. The van der Waals surface area contributed by atoms with Crippen molar-refractivity contribution in [2.24, 2.45) is 5.92 Å². The number of piperidine rings is 1. The van der Waals surface area contributed by atoms with Crippen molar-refractivity contribution in [1.82, 2.24) is 14.7 Å². The number of piperazine rings is 1. The fourth-order valence-corrected chi connectivity index (χ4v) is 6.64. The molecule has 3 heterocycles. The molecular formula is C22H31N3O4S. The Bertz CT molecular complexity index is 858. The van der Waals surface area contributed by atoms with Crippen LogP contribution in [0.1, 0.15) is 29.6 Å². The van der Waals surface area contributed by atoms with Gasteiger partial charge >= 0.3 is 0 Å². The number of Topliss-reactive ketones (excluding diaryl/α,β-unsaturated/α-hetero) is 1. The summed E-state index contributed by atoms with van der Waals surface area (Å²) in [4.78, 5) is 31.7. The fourth-order valence-electron chi connectivity index (χ4n) is 4.88. The van der Waals surface area contributed by atoms with Crippen LogP contribution in [0.25, 0.3) is 0 Å². The topological polar surface area (TPSA) is 78.0 Å². The average Bonchev–Trinajstić information content (AvgIpc) is 3.14. The van der Waals surface area contributed by atoms with Gasteiger partial charge in [-0.2, -0.15) is 0 Å². The summed E-state index contributed by atoms with van der Waals surface area (Å²) in [6.07, 6.45) is 2.31. The number of benzene rings is 1. The van der Waals surface area contributed by atoms with E-state index in [0.717, 1.165) is 44.6 Å². The second-order valence-corrected chi connectivity index (χ2v) is 11.0. The number of hydrogen-bond acceptors (Lipinski definition) is 6. The van der Waals surface area contributed by atoms with Crippen LogP contribution in [0.4, 0.5) is 0 Å². The molecule has 0 spiro atoms. The standard InChI is InChI=1S/C22H31N3O4S/c26-21(25-13-11-24(12-14-25)20-8-15-30(28,29)17-20)16-23-9-6-19(7-10-23)22(27)18-4-2-1-3-5-18/h1-5,19-20H,6-17H2. The minimum absolute atomic E-state index is 0.0463. The highest BCUT2D eigenvalue weighted by atomic mass is 32.2. The predicted octanol–water partition coefficient (Wildman–Crippen LogP) is 0.913. The fraction of sp³-hybridized carbons (Fsp3) is 0.636. The van der Waals surface area contributed by atoms with Crippen molar-refractivity contribution in [3.63, 3.8) is 0 Å². The average molecular weight is 434 g/mol. The van der Waals surface area contributed by atoms with Crippen molar-refractivity contribution in [2.45, 2.75) is 25.3 Å². The summed E-state index contributed by atoms with van der Waals surface area (Å²) >= 11 is 0. The van der Waals surface area contributed by atoms with E-state index < -0.39 is 9.84 Å². The Kier molecular flexibility index (Phi) is 6.55. The molecule has 1 atom stereocenters. The quantitative estimate of drug-likeness (QED) is 0.643. The normalized spacial score (nSPS) is 26.0. The van der Waals surface area contributed by atoms with Crippen molar-refractivity contribution in [2.75, 3.05) is 57.3 Å². The van der Waals surface area contributed by atoms with Crippen LogP contribution in [0.2, 0.25) is 0 Å². The van der Waals surface area contributed by atoms with Gasteiger partial charge in [0.2, 0.25) is 5.91 Å². The highest BCUT2D eigenvalue weighted by molar-refractivity contribution is 7.91. The number of carbonyl (C=O) groups excluding carboxylic acids is 2. The number of amides is 1. The van der Waals surface area contributed by atoms with Crippen molar-refractivity contribution in [3.8, 4) is 0 Å². The van der Waals surface area contributed by atoms with Gasteiger partial charge in [0.05, 0.1) is 18.1 Å². The molecule has 0 radical (unpaired) electrons. The van der Waals surface area contributed by atoms with Gasteiger partial charge in [-0.15, -0.1) is 0 Å². The van der Waals surface area contributed by atoms with Crippen LogP contribution in [-0.4, -0.2) is 98.2 Å². The third kappa shape index (κ3) is 5.10. The first-order chi connectivity index (χ1) is 14.4. The molecule has 0 bridgehead atoms. The van der Waals surface area contributed by atoms with Gasteiger partial charge in [0.15, 0.2) is 15.6 Å². The monoisotopic (exact) mass is 433 g/mol. The SMILES string of the molecule is O=C(c1ccccc1)C1CCN(CC(=O)N2CCN(C3CCS(=O)(=O)C3)CC2)CC1. The molecule has 1 aromatic rings. The van der Waals surface area contributed by atoms with E-state index >= 15 is 0 Å². The highest BCUT2D eigenvalue weighted by Crippen LogP contribution is 2.22. The van der Waals surface area contributed by atoms with E-state index in [4.69, 9.17) is 0 Å². The molecule has 1 aromatic carbocycles. The van der Waals surface area contributed by atoms with E-state index in [9.17, 15) is 18.0 Å². The van der Waals surface area contributed by atoms with Crippen molar-refractivity contribution >= 4 is 21.5 Å². The van der Waals surface area contributed by atoms with Crippen LogP contribution in [-0.2, 0) is 14.6 Å². The zero-order chi connectivity index (χ0) is 21.1. The smallest absolute Gasteiger partial charge is 0.236 e. The minimum atomic E-state index is -2.88. The summed E-state index contributed by atoms with van der Waals surface area (Å²) < 4.78 is 23.4. The molecule has 3 aliphatic heterocycles. The molecule has 3 aliphatic rings. The van der Waals surface area contributed by atoms with Crippen LogP contribution in [0, 0.1) is 5.92 Å². The highest BCUT2D eigenvalue weighted by Gasteiger charge is 2.35. The van der Waals surface area contributed by atoms with Gasteiger partial charge in [0, 0.05) is 43.7 Å². The molecule has 3 fully saturated rings. The molecule has 0 N–H and O–H groups in total. The summed E-state index contributed by atoms with van der Waals surface area (Å²) in [6, 6.07) is 9.57. The van der Waals surface area contributed by atoms with Gasteiger partial charge < -0.3 is 4.90 Å². The van der Waals surface area contributed by atoms with Gasteiger partial charge in [-0.25, -0.2) is 8.42 Å². The lowest BCUT2D eigenvalue weighted by Gasteiger charge is -2.39. The molecule has 4 rings (SSSR count). The third-order valence-corrected chi connectivity index (χ3v) is 8.52. The van der Waals surface area contributed by atoms with Gasteiger partial charge in [-0.3, -0.25) is 19.4 Å². The summed E-state index contributed by atoms with van der Waals surface area (Å²) in [7, 11) is -2.88. The lowest BCUT2D eigenvalue weighted by atomic mass is 9.89. The Hall–Kier alpha value is -1.77. The Balaban J connectivity index is 1.20. The number of hydrogen-bond donors (Lipinski definition) is 0. The third-order valence-electron chi connectivity index (χ3n) is 6.77. The van der Waals surface area contributed by atoms with E-state index in [-0.39, 0.29) is 29.4 Å². The zero-order valence-corrected chi connectivity index (χ0v) is 18.2. The van der Waals surface area contributed by atoms with E-state index in [1.165, 1.54) is 0 Å². The summed E-state index contributed by atoms with van der Waals surface area (Å²) in [5.41, 5.74) is 0.778. The molecule has 1 unspecified atom stereocenters. The molecule has 8 heteroatoms. The van der Waals surface area contributed by atoms with Gasteiger partial charge in [0.1, 0.15) is 0 Å². The van der Waals surface area contributed by atoms with Crippen LogP contribution in [0.5, 0.6) is 0 Å². The Morgan fingerprint density at radius 1 is 0.900 bits per heavy atom. The van der Waals surface area contributed by atoms with Crippen LogP contribution < -0.4 is 0 Å². The number of carbonyl (C=O) groups is 2. The minimum Gasteiger partial charge on any atom is -0.339 e. The molecule has 0 aromatic heterocycles. The first-order valence-electron chi connectivity index (χ1n) is 11.0. The second-order valence-electron chi connectivity index (χ2n) is 8.75. The molecule has 0 saturated carbocycles. The Morgan fingerprint density at radius 3 is 2.17 bits per heavy atom. The molecular weight excluding hydrogens is 402 g/mol. The summed E-state index contributed by atoms with van der Waals surface area (Å²) in [6.45, 7) is 4.78. The number of sulfone groups is 1. The van der Waals surface area contributed by atoms with Crippen molar-refractivity contribution in [1.29, 1.82) is 0 Å². The molecule has 7 nitrogen and oxygen atoms in total.